The van der Waals surface area contributed by atoms with Crippen LogP contribution in [0, 0.1) is 5.92 Å². The molecule has 2 aliphatic rings. The number of nitrogens with zero attached hydrogens (tertiary/aromatic N) is 4. The van der Waals surface area contributed by atoms with Crippen LogP contribution < -0.4 is 10.6 Å². The first-order valence-electron chi connectivity index (χ1n) is 11.2. The van der Waals surface area contributed by atoms with E-state index in [4.69, 9.17) is 4.52 Å². The first-order chi connectivity index (χ1) is 15.2. The molecule has 31 heavy (non-hydrogen) atoms. The zero-order chi connectivity index (χ0) is 21.5. The van der Waals surface area contributed by atoms with E-state index in [9.17, 15) is 4.79 Å². The maximum absolute atomic E-state index is 12.4. The van der Waals surface area contributed by atoms with Gasteiger partial charge in [-0.1, -0.05) is 30.1 Å². The summed E-state index contributed by atoms with van der Waals surface area (Å²) in [5.41, 5.74) is 2.96. The molecule has 8 nitrogen and oxygen atoms in total. The number of piperazine rings is 1. The lowest BCUT2D eigenvalue weighted by atomic mass is 10.1. The van der Waals surface area contributed by atoms with Crippen LogP contribution in [0.1, 0.15) is 36.9 Å². The minimum absolute atomic E-state index is 0.155. The summed E-state index contributed by atoms with van der Waals surface area (Å²) in [5.74, 6) is 1.23. The summed E-state index contributed by atoms with van der Waals surface area (Å²) in [7, 11) is 1.82. The van der Waals surface area contributed by atoms with Gasteiger partial charge in [0.25, 0.3) is 0 Å². The van der Waals surface area contributed by atoms with Gasteiger partial charge in [-0.05, 0) is 30.5 Å². The fourth-order valence-corrected chi connectivity index (χ4v) is 4.37. The standard InChI is InChI=1S/C23H32N6O2/c1-24-23(29-12-10-28(11-13-29)17-21-9-14-31-27-21)25-16-18-5-4-8-20(15-18)26-22(30)19-6-2-3-7-19/h4-5,8-9,14-15,19H,2-3,6-7,10-13,16-17H2,1H3,(H,24,25)(H,26,30). The lowest BCUT2D eigenvalue weighted by Crippen LogP contribution is -2.52. The highest BCUT2D eigenvalue weighted by Crippen LogP contribution is 2.26. The second-order valence-corrected chi connectivity index (χ2v) is 8.33. The van der Waals surface area contributed by atoms with Gasteiger partial charge in [-0.25, -0.2) is 0 Å². The third-order valence-corrected chi connectivity index (χ3v) is 6.13. The topological polar surface area (TPSA) is 86.0 Å². The fraction of sp³-hybridized carbons (Fsp3) is 0.522. The van der Waals surface area contributed by atoms with E-state index in [1.807, 2.05) is 31.3 Å². The van der Waals surface area contributed by atoms with Crippen molar-refractivity contribution >= 4 is 17.6 Å². The Morgan fingerprint density at radius 3 is 2.71 bits per heavy atom. The highest BCUT2D eigenvalue weighted by atomic mass is 16.5. The number of aliphatic imine (C=N–C) groups is 1. The van der Waals surface area contributed by atoms with Crippen molar-refractivity contribution in [2.45, 2.75) is 38.8 Å². The van der Waals surface area contributed by atoms with Crippen LogP contribution in [0.3, 0.4) is 0 Å². The van der Waals surface area contributed by atoms with E-state index >= 15 is 0 Å². The number of nitrogens with one attached hydrogen (secondary N) is 2. The number of hydrogen-bond donors (Lipinski definition) is 2. The number of anilines is 1. The molecule has 2 fully saturated rings. The highest BCUT2D eigenvalue weighted by molar-refractivity contribution is 5.92. The van der Waals surface area contributed by atoms with Crippen LogP contribution in [0.2, 0.25) is 0 Å². The summed E-state index contributed by atoms with van der Waals surface area (Å²) >= 11 is 0. The predicted octanol–water partition coefficient (Wildman–Crippen LogP) is 2.70. The van der Waals surface area contributed by atoms with Crippen molar-refractivity contribution in [3.05, 3.63) is 47.9 Å². The molecular weight excluding hydrogens is 392 g/mol. The van der Waals surface area contributed by atoms with Gasteiger partial charge in [-0.3, -0.25) is 14.7 Å². The molecule has 4 rings (SSSR count). The molecule has 2 heterocycles. The predicted molar refractivity (Wildman–Crippen MR) is 121 cm³/mol. The smallest absolute Gasteiger partial charge is 0.227 e. The minimum atomic E-state index is 0.155. The Bertz CT molecular complexity index is 868. The van der Waals surface area contributed by atoms with Gasteiger partial charge in [0, 0.05) is 64.0 Å². The molecule has 0 bridgehead atoms. The molecule has 2 N–H and O–H groups in total. The lowest BCUT2D eigenvalue weighted by molar-refractivity contribution is -0.119. The van der Waals surface area contributed by atoms with Crippen molar-refractivity contribution in [3.63, 3.8) is 0 Å². The molecule has 1 amide bonds. The number of aromatic nitrogens is 1. The zero-order valence-corrected chi connectivity index (χ0v) is 18.2. The third-order valence-electron chi connectivity index (χ3n) is 6.13. The highest BCUT2D eigenvalue weighted by Gasteiger charge is 2.23. The quantitative estimate of drug-likeness (QED) is 0.548. The first-order valence-corrected chi connectivity index (χ1v) is 11.2. The van der Waals surface area contributed by atoms with Gasteiger partial charge in [0.05, 0.1) is 5.69 Å². The van der Waals surface area contributed by atoms with E-state index < -0.39 is 0 Å². The summed E-state index contributed by atoms with van der Waals surface area (Å²) in [6.45, 7) is 5.21. The molecule has 0 spiro atoms. The average molecular weight is 425 g/mol. The largest absolute Gasteiger partial charge is 0.364 e. The van der Waals surface area contributed by atoms with Gasteiger partial charge in [-0.2, -0.15) is 0 Å². The normalized spacial score (nSPS) is 18.4. The van der Waals surface area contributed by atoms with Gasteiger partial charge >= 0.3 is 0 Å². The van der Waals surface area contributed by atoms with E-state index in [1.54, 1.807) is 6.26 Å². The molecule has 166 valence electrons. The molecule has 1 saturated heterocycles. The number of guanidine groups is 1. The number of carbonyl (C=O) groups is 1. The maximum Gasteiger partial charge on any atom is 0.227 e. The van der Waals surface area contributed by atoms with Crippen LogP contribution in [-0.4, -0.2) is 60.0 Å². The summed E-state index contributed by atoms with van der Waals surface area (Å²) < 4.78 is 4.92. The summed E-state index contributed by atoms with van der Waals surface area (Å²) in [6, 6.07) is 9.98. The molecule has 1 saturated carbocycles. The average Bonchev–Trinajstić information content (AvgIpc) is 3.50. The van der Waals surface area contributed by atoms with Crippen molar-refractivity contribution in [3.8, 4) is 0 Å². The molecule has 1 aliphatic carbocycles. The van der Waals surface area contributed by atoms with Gasteiger partial charge in [-0.15, -0.1) is 0 Å². The minimum Gasteiger partial charge on any atom is -0.364 e. The molecule has 8 heteroatoms. The van der Waals surface area contributed by atoms with Crippen molar-refractivity contribution in [1.82, 2.24) is 20.3 Å². The Balaban J connectivity index is 1.25. The van der Waals surface area contributed by atoms with E-state index in [0.717, 1.165) is 81.3 Å². The number of hydrogen-bond acceptors (Lipinski definition) is 5. The molecule has 2 aromatic rings. The fourth-order valence-electron chi connectivity index (χ4n) is 4.37. The van der Waals surface area contributed by atoms with E-state index in [-0.39, 0.29) is 11.8 Å². The summed E-state index contributed by atoms with van der Waals surface area (Å²) in [6.07, 6.45) is 5.96. The second kappa shape index (κ2) is 10.4. The van der Waals surface area contributed by atoms with Crippen molar-refractivity contribution < 1.29 is 9.32 Å². The number of carbonyl (C=O) groups excluding carboxylic acids is 1. The van der Waals surface area contributed by atoms with Gasteiger partial charge in [0.1, 0.15) is 6.26 Å². The van der Waals surface area contributed by atoms with Crippen molar-refractivity contribution in [2.24, 2.45) is 10.9 Å². The number of benzene rings is 1. The SMILES string of the molecule is CN=C(NCc1cccc(NC(=O)C2CCCC2)c1)N1CCN(Cc2ccon2)CC1. The summed E-state index contributed by atoms with van der Waals surface area (Å²) in [4.78, 5) is 21.5. The second-order valence-electron chi connectivity index (χ2n) is 8.33. The molecule has 1 aromatic heterocycles. The zero-order valence-electron chi connectivity index (χ0n) is 18.2. The molecule has 0 radical (unpaired) electrons. The van der Waals surface area contributed by atoms with Gasteiger partial charge < -0.3 is 20.1 Å². The first kappa shape index (κ1) is 21.4. The van der Waals surface area contributed by atoms with Crippen LogP contribution in [-0.2, 0) is 17.9 Å². The van der Waals surface area contributed by atoms with Crippen molar-refractivity contribution in [1.29, 1.82) is 0 Å². The van der Waals surface area contributed by atoms with Crippen LogP contribution >= 0.6 is 0 Å². The Hall–Kier alpha value is -2.87. The monoisotopic (exact) mass is 424 g/mol. The van der Waals surface area contributed by atoms with Gasteiger partial charge in [0.15, 0.2) is 5.96 Å². The maximum atomic E-state index is 12.4. The molecule has 1 aliphatic heterocycles. The van der Waals surface area contributed by atoms with E-state index in [2.05, 4.69) is 36.6 Å². The Kier molecular flexibility index (Phi) is 7.19. The van der Waals surface area contributed by atoms with Crippen LogP contribution in [0.5, 0.6) is 0 Å². The Morgan fingerprint density at radius 1 is 1.19 bits per heavy atom. The summed E-state index contributed by atoms with van der Waals surface area (Å²) in [5, 5.41) is 10.6. The number of amides is 1. The molecular formula is C23H32N6O2. The molecule has 0 atom stereocenters. The molecule has 1 aromatic carbocycles. The van der Waals surface area contributed by atoms with Crippen LogP contribution in [0.4, 0.5) is 5.69 Å². The Labute approximate surface area is 183 Å². The molecule has 0 unspecified atom stereocenters. The van der Waals surface area contributed by atoms with E-state index in [1.165, 1.54) is 0 Å². The third kappa shape index (κ3) is 5.85. The number of rotatable bonds is 6. The van der Waals surface area contributed by atoms with Crippen LogP contribution in [0.25, 0.3) is 0 Å². The van der Waals surface area contributed by atoms with Crippen LogP contribution in [0.15, 0.2) is 46.1 Å². The Morgan fingerprint density at radius 2 is 2.00 bits per heavy atom. The van der Waals surface area contributed by atoms with Gasteiger partial charge in [0.2, 0.25) is 5.91 Å². The van der Waals surface area contributed by atoms with Crippen molar-refractivity contribution in [2.75, 3.05) is 38.5 Å². The van der Waals surface area contributed by atoms with E-state index in [0.29, 0.717) is 6.54 Å². The lowest BCUT2D eigenvalue weighted by Gasteiger charge is -2.36.